The highest BCUT2D eigenvalue weighted by Crippen LogP contribution is 2.18. The molecule has 0 spiro atoms. The lowest BCUT2D eigenvalue weighted by molar-refractivity contribution is 0.104. The summed E-state index contributed by atoms with van der Waals surface area (Å²) in [4.78, 5) is 20.7. The number of nitrogens with zero attached hydrogens (tertiary/aromatic N) is 2. The largest absolute Gasteiger partial charge is 0.362 e. The number of ketones is 1. The van der Waals surface area contributed by atoms with Crippen molar-refractivity contribution in [2.75, 3.05) is 10.0 Å². The Balaban J connectivity index is 1.41. The Bertz CT molecular complexity index is 1400. The van der Waals surface area contributed by atoms with E-state index in [-0.39, 0.29) is 16.5 Å². The van der Waals surface area contributed by atoms with Gasteiger partial charge in [0.2, 0.25) is 0 Å². The Morgan fingerprint density at radius 2 is 1.59 bits per heavy atom. The first kappa shape index (κ1) is 21.2. The molecule has 160 valence electrons. The topological polar surface area (TPSA) is 101 Å². The molecule has 0 bridgehead atoms. The maximum atomic E-state index is 12.7. The number of nitrogens with one attached hydrogen (secondary N) is 2. The van der Waals surface area contributed by atoms with Crippen LogP contribution in [0, 0.1) is 6.92 Å². The van der Waals surface area contributed by atoms with E-state index in [1.54, 1.807) is 36.4 Å². The smallest absolute Gasteiger partial charge is 0.263 e. The van der Waals surface area contributed by atoms with Crippen LogP contribution in [0.2, 0.25) is 0 Å². The summed E-state index contributed by atoms with van der Waals surface area (Å²) in [6.07, 6.45) is 4.33. The highest BCUT2D eigenvalue weighted by Gasteiger charge is 2.15. The summed E-state index contributed by atoms with van der Waals surface area (Å²) in [5, 5.41) is 2.97. The lowest BCUT2D eigenvalue weighted by atomic mass is 10.1. The van der Waals surface area contributed by atoms with Crippen LogP contribution in [0.25, 0.3) is 11.0 Å². The Kier molecular flexibility index (Phi) is 5.96. The summed E-state index contributed by atoms with van der Waals surface area (Å²) >= 11 is 0. The maximum absolute atomic E-state index is 12.7. The van der Waals surface area contributed by atoms with E-state index in [9.17, 15) is 13.2 Å². The fourth-order valence-electron chi connectivity index (χ4n) is 2.96. The average Bonchev–Trinajstić information content (AvgIpc) is 2.79. The summed E-state index contributed by atoms with van der Waals surface area (Å²) in [6, 6.07) is 20.7. The van der Waals surface area contributed by atoms with Gasteiger partial charge < -0.3 is 5.32 Å². The second-order valence-corrected chi connectivity index (χ2v) is 8.76. The Morgan fingerprint density at radius 1 is 0.906 bits per heavy atom. The molecular formula is C24H20N4O3S. The van der Waals surface area contributed by atoms with Gasteiger partial charge in [-0.25, -0.2) is 13.4 Å². The lowest BCUT2D eigenvalue weighted by Crippen LogP contribution is -2.14. The maximum Gasteiger partial charge on any atom is 0.263 e. The predicted octanol–water partition coefficient (Wildman–Crippen LogP) is 4.55. The molecule has 0 saturated heterocycles. The molecule has 4 rings (SSSR count). The van der Waals surface area contributed by atoms with Gasteiger partial charge in [-0.05, 0) is 43.3 Å². The average molecular weight is 445 g/mol. The third kappa shape index (κ3) is 4.98. The quantitative estimate of drug-likeness (QED) is 0.320. The van der Waals surface area contributed by atoms with Crippen LogP contribution in [0.15, 0.2) is 96.2 Å². The van der Waals surface area contributed by atoms with Gasteiger partial charge in [0.25, 0.3) is 10.0 Å². The molecule has 0 aliphatic heterocycles. The van der Waals surface area contributed by atoms with Gasteiger partial charge in [-0.15, -0.1) is 0 Å². The van der Waals surface area contributed by atoms with E-state index < -0.39 is 10.0 Å². The van der Waals surface area contributed by atoms with E-state index in [2.05, 4.69) is 20.0 Å². The van der Waals surface area contributed by atoms with Gasteiger partial charge in [0.1, 0.15) is 0 Å². The SMILES string of the molecule is Cc1ccc(C(=O)C=CNc2ccc(S(=O)(=O)Nc3cnc4ccccc4n3)cc2)cc1. The van der Waals surface area contributed by atoms with Crippen LogP contribution in [0.3, 0.4) is 0 Å². The van der Waals surface area contributed by atoms with Crippen molar-refractivity contribution in [3.63, 3.8) is 0 Å². The molecule has 0 atom stereocenters. The van der Waals surface area contributed by atoms with Crippen molar-refractivity contribution in [2.45, 2.75) is 11.8 Å². The van der Waals surface area contributed by atoms with Crippen molar-refractivity contribution in [3.05, 3.63) is 102 Å². The molecule has 0 amide bonds. The fraction of sp³-hybridized carbons (Fsp3) is 0.0417. The summed E-state index contributed by atoms with van der Waals surface area (Å²) in [6.45, 7) is 1.96. The van der Waals surface area contributed by atoms with Gasteiger partial charge in [0.15, 0.2) is 11.6 Å². The Labute approximate surface area is 185 Å². The van der Waals surface area contributed by atoms with Crippen molar-refractivity contribution in [1.29, 1.82) is 0 Å². The molecule has 0 fully saturated rings. The molecule has 7 nitrogen and oxygen atoms in total. The zero-order valence-corrected chi connectivity index (χ0v) is 18.0. The van der Waals surface area contributed by atoms with Gasteiger partial charge in [0, 0.05) is 23.5 Å². The summed E-state index contributed by atoms with van der Waals surface area (Å²) < 4.78 is 27.8. The van der Waals surface area contributed by atoms with Crippen molar-refractivity contribution in [2.24, 2.45) is 0 Å². The standard InChI is InChI=1S/C24H20N4O3S/c1-17-6-8-18(9-7-17)23(29)14-15-25-19-10-12-20(13-11-19)32(30,31)28-24-16-26-21-4-2-3-5-22(21)27-24/h2-16,25H,1H3,(H,27,28). The molecule has 1 aromatic heterocycles. The van der Waals surface area contributed by atoms with E-state index in [0.717, 1.165) is 5.56 Å². The van der Waals surface area contributed by atoms with Crippen LogP contribution in [0.1, 0.15) is 15.9 Å². The lowest BCUT2D eigenvalue weighted by Gasteiger charge is -2.08. The molecule has 0 saturated carbocycles. The molecule has 0 unspecified atom stereocenters. The van der Waals surface area contributed by atoms with Crippen molar-refractivity contribution < 1.29 is 13.2 Å². The predicted molar refractivity (Wildman–Crippen MR) is 125 cm³/mol. The van der Waals surface area contributed by atoms with Gasteiger partial charge in [-0.3, -0.25) is 14.5 Å². The van der Waals surface area contributed by atoms with Gasteiger partial charge >= 0.3 is 0 Å². The van der Waals surface area contributed by atoms with Gasteiger partial charge in [-0.1, -0.05) is 42.0 Å². The zero-order chi connectivity index (χ0) is 22.6. The summed E-state index contributed by atoms with van der Waals surface area (Å²) in [7, 11) is -3.82. The Hall–Kier alpha value is -4.04. The molecule has 3 aromatic carbocycles. The first-order valence-corrected chi connectivity index (χ1v) is 11.3. The number of carbonyl (C=O) groups is 1. The van der Waals surface area contributed by atoms with Crippen LogP contribution in [-0.4, -0.2) is 24.2 Å². The molecule has 2 N–H and O–H groups in total. The number of sulfonamides is 1. The molecule has 8 heteroatoms. The van der Waals surface area contributed by atoms with Crippen LogP contribution in [0.4, 0.5) is 11.5 Å². The number of carbonyl (C=O) groups excluding carboxylic acids is 1. The summed E-state index contributed by atoms with van der Waals surface area (Å²) in [5.41, 5.74) is 3.60. The number of aromatic nitrogens is 2. The number of para-hydroxylation sites is 2. The highest BCUT2D eigenvalue weighted by molar-refractivity contribution is 7.92. The minimum absolute atomic E-state index is 0.0812. The molecule has 4 aromatic rings. The highest BCUT2D eigenvalue weighted by atomic mass is 32.2. The number of anilines is 2. The molecule has 0 radical (unpaired) electrons. The molecule has 0 aliphatic rings. The van der Waals surface area contributed by atoms with Crippen LogP contribution < -0.4 is 10.0 Å². The minimum atomic E-state index is -3.82. The molecule has 0 aliphatic carbocycles. The van der Waals surface area contributed by atoms with Gasteiger partial charge in [-0.2, -0.15) is 0 Å². The monoisotopic (exact) mass is 444 g/mol. The molecule has 1 heterocycles. The number of rotatable bonds is 7. The van der Waals surface area contributed by atoms with Crippen LogP contribution >= 0.6 is 0 Å². The number of fused-ring (bicyclic) bond motifs is 1. The number of aryl methyl sites for hydroxylation is 1. The van der Waals surface area contributed by atoms with Gasteiger partial charge in [0.05, 0.1) is 22.1 Å². The third-order valence-electron chi connectivity index (χ3n) is 4.67. The molecule has 32 heavy (non-hydrogen) atoms. The number of benzene rings is 3. The second kappa shape index (κ2) is 8.99. The first-order chi connectivity index (χ1) is 15.4. The van der Waals surface area contributed by atoms with E-state index in [0.29, 0.717) is 22.3 Å². The van der Waals surface area contributed by atoms with Crippen LogP contribution in [-0.2, 0) is 10.0 Å². The number of hydrogen-bond acceptors (Lipinski definition) is 6. The van der Waals surface area contributed by atoms with E-state index in [1.807, 2.05) is 31.2 Å². The van der Waals surface area contributed by atoms with E-state index in [1.165, 1.54) is 30.6 Å². The first-order valence-electron chi connectivity index (χ1n) is 9.79. The number of allylic oxidation sites excluding steroid dienone is 1. The van der Waals surface area contributed by atoms with E-state index >= 15 is 0 Å². The molecular weight excluding hydrogens is 424 g/mol. The van der Waals surface area contributed by atoms with Crippen molar-refractivity contribution in [3.8, 4) is 0 Å². The summed E-state index contributed by atoms with van der Waals surface area (Å²) in [5.74, 6) is 0.0147. The fourth-order valence-corrected chi connectivity index (χ4v) is 3.95. The van der Waals surface area contributed by atoms with Crippen molar-refractivity contribution in [1.82, 2.24) is 9.97 Å². The van der Waals surface area contributed by atoms with E-state index in [4.69, 9.17) is 0 Å². The minimum Gasteiger partial charge on any atom is -0.362 e. The number of hydrogen-bond donors (Lipinski definition) is 2. The second-order valence-electron chi connectivity index (χ2n) is 7.08. The Morgan fingerprint density at radius 3 is 2.31 bits per heavy atom. The normalized spacial score (nSPS) is 11.5. The van der Waals surface area contributed by atoms with Crippen LogP contribution in [0.5, 0.6) is 0 Å². The van der Waals surface area contributed by atoms with Crippen molar-refractivity contribution >= 4 is 38.3 Å². The zero-order valence-electron chi connectivity index (χ0n) is 17.2. The third-order valence-corrected chi connectivity index (χ3v) is 6.04.